The van der Waals surface area contributed by atoms with Gasteiger partial charge in [0.05, 0.1) is 25.4 Å². The van der Waals surface area contributed by atoms with Gasteiger partial charge in [-0.05, 0) is 35.9 Å². The van der Waals surface area contributed by atoms with Crippen molar-refractivity contribution < 1.29 is 28.5 Å². The molecule has 0 aliphatic carbocycles. The zero-order valence-corrected chi connectivity index (χ0v) is 17.6. The Kier molecular flexibility index (Phi) is 5.68. The second kappa shape index (κ2) is 8.92. The molecule has 0 radical (unpaired) electrons. The zero-order chi connectivity index (χ0) is 21.9. The average molecular weight is 436 g/mol. The number of anilines is 1. The molecule has 3 aliphatic rings. The molecule has 1 saturated heterocycles. The number of benzene rings is 2. The van der Waals surface area contributed by atoms with E-state index in [2.05, 4.69) is 0 Å². The highest BCUT2D eigenvalue weighted by atomic mass is 16.6. The minimum absolute atomic E-state index is 0.128. The smallest absolute Gasteiger partial charge is 0.265 e. The number of carbonyl (C=O) groups excluding carboxylic acids is 2. The third-order valence-corrected chi connectivity index (χ3v) is 5.62. The second-order valence-corrected chi connectivity index (χ2v) is 7.70. The van der Waals surface area contributed by atoms with Crippen LogP contribution in [0.15, 0.2) is 48.5 Å². The number of morpholine rings is 1. The molecular weight excluding hydrogens is 412 g/mol. The number of amides is 2. The van der Waals surface area contributed by atoms with Gasteiger partial charge >= 0.3 is 0 Å². The highest BCUT2D eigenvalue weighted by Gasteiger charge is 2.35. The van der Waals surface area contributed by atoms with Crippen molar-refractivity contribution in [3.8, 4) is 17.2 Å². The lowest BCUT2D eigenvalue weighted by molar-refractivity contribution is -0.142. The van der Waals surface area contributed by atoms with Crippen molar-refractivity contribution in [2.24, 2.45) is 0 Å². The molecule has 3 aliphatic heterocycles. The Labute approximate surface area is 185 Å². The number of carbonyl (C=O) groups is 2. The van der Waals surface area contributed by atoms with E-state index in [1.54, 1.807) is 21.9 Å². The van der Waals surface area contributed by atoms with Gasteiger partial charge in [0.2, 0.25) is 0 Å². The second-order valence-electron chi connectivity index (χ2n) is 7.70. The molecule has 2 aromatic carbocycles. The summed E-state index contributed by atoms with van der Waals surface area (Å²) in [6.07, 6.45) is 2.48. The third kappa shape index (κ3) is 4.13. The van der Waals surface area contributed by atoms with E-state index in [9.17, 15) is 9.59 Å². The molecule has 0 bridgehead atoms. The van der Waals surface area contributed by atoms with Gasteiger partial charge in [-0.25, -0.2) is 0 Å². The molecule has 0 saturated carbocycles. The van der Waals surface area contributed by atoms with Gasteiger partial charge in [0.15, 0.2) is 17.6 Å². The highest BCUT2D eigenvalue weighted by molar-refractivity contribution is 6.05. The van der Waals surface area contributed by atoms with Crippen LogP contribution in [0.3, 0.4) is 0 Å². The molecule has 8 heteroatoms. The fourth-order valence-electron chi connectivity index (χ4n) is 3.98. The lowest BCUT2D eigenvalue weighted by Gasteiger charge is -2.37. The fourth-order valence-corrected chi connectivity index (χ4v) is 3.98. The van der Waals surface area contributed by atoms with Gasteiger partial charge in [-0.3, -0.25) is 9.59 Å². The van der Waals surface area contributed by atoms with Crippen molar-refractivity contribution in [1.82, 2.24) is 4.90 Å². The molecular formula is C24H24N2O6. The molecule has 0 N–H and O–H groups in total. The highest BCUT2D eigenvalue weighted by Crippen LogP contribution is 2.34. The van der Waals surface area contributed by atoms with Gasteiger partial charge in [0.1, 0.15) is 19.0 Å². The van der Waals surface area contributed by atoms with E-state index < -0.39 is 6.10 Å². The number of fused-ring (bicyclic) bond motifs is 2. The van der Waals surface area contributed by atoms with Gasteiger partial charge in [-0.1, -0.05) is 18.2 Å². The van der Waals surface area contributed by atoms with E-state index in [0.29, 0.717) is 62.5 Å². The summed E-state index contributed by atoms with van der Waals surface area (Å²) in [5.41, 5.74) is 1.47. The van der Waals surface area contributed by atoms with Crippen LogP contribution in [-0.2, 0) is 14.3 Å². The number of hydrogen-bond acceptors (Lipinski definition) is 6. The molecule has 1 atom stereocenters. The number of para-hydroxylation sites is 2. The van der Waals surface area contributed by atoms with Gasteiger partial charge in [-0.15, -0.1) is 0 Å². The fraction of sp³-hybridized carbons (Fsp3) is 0.333. The Balaban J connectivity index is 1.35. The summed E-state index contributed by atoms with van der Waals surface area (Å²) < 4.78 is 22.5. The minimum atomic E-state index is -0.755. The predicted octanol–water partition coefficient (Wildman–Crippen LogP) is 2.12. The maximum Gasteiger partial charge on any atom is 0.265 e. The van der Waals surface area contributed by atoms with Crippen LogP contribution in [-0.4, -0.2) is 68.9 Å². The van der Waals surface area contributed by atoms with Crippen LogP contribution in [0.2, 0.25) is 0 Å². The Morgan fingerprint density at radius 1 is 0.906 bits per heavy atom. The van der Waals surface area contributed by atoms with Gasteiger partial charge in [0, 0.05) is 19.2 Å². The van der Waals surface area contributed by atoms with Crippen molar-refractivity contribution in [2.75, 3.05) is 51.0 Å². The van der Waals surface area contributed by atoms with E-state index in [1.165, 1.54) is 6.08 Å². The lowest BCUT2D eigenvalue weighted by atomic mass is 10.1. The number of nitrogens with zero attached hydrogens (tertiary/aromatic N) is 2. The Bertz CT molecular complexity index is 1050. The minimum Gasteiger partial charge on any atom is -0.486 e. The average Bonchev–Trinajstić information content (AvgIpc) is 2.86. The Morgan fingerprint density at radius 2 is 1.69 bits per heavy atom. The largest absolute Gasteiger partial charge is 0.486 e. The number of rotatable bonds is 3. The maximum absolute atomic E-state index is 13.2. The van der Waals surface area contributed by atoms with Crippen LogP contribution in [0.5, 0.6) is 17.2 Å². The topological polar surface area (TPSA) is 77.5 Å². The molecule has 0 aromatic heterocycles. The normalized spacial score (nSPS) is 19.9. The monoisotopic (exact) mass is 436 g/mol. The van der Waals surface area contributed by atoms with E-state index in [0.717, 1.165) is 5.56 Å². The number of ether oxygens (including phenoxy) is 4. The lowest BCUT2D eigenvalue weighted by Crippen LogP contribution is -2.53. The van der Waals surface area contributed by atoms with Gasteiger partial charge in [0.25, 0.3) is 11.8 Å². The summed E-state index contributed by atoms with van der Waals surface area (Å²) in [5, 5.41) is 0. The maximum atomic E-state index is 13.2. The van der Waals surface area contributed by atoms with E-state index in [4.69, 9.17) is 18.9 Å². The van der Waals surface area contributed by atoms with E-state index >= 15 is 0 Å². The first-order chi connectivity index (χ1) is 15.7. The number of hydrogen-bond donors (Lipinski definition) is 0. The van der Waals surface area contributed by atoms with Crippen molar-refractivity contribution in [3.63, 3.8) is 0 Å². The Morgan fingerprint density at radius 3 is 2.53 bits per heavy atom. The quantitative estimate of drug-likeness (QED) is 0.686. The molecule has 2 aromatic rings. The molecule has 1 fully saturated rings. The predicted molar refractivity (Wildman–Crippen MR) is 117 cm³/mol. The summed E-state index contributed by atoms with van der Waals surface area (Å²) in [4.78, 5) is 29.5. The SMILES string of the molecule is O=C(C1CN(C(=O)/C=C/c2ccc3c(c2)OCCO3)c2ccccc2O1)N1CCOCC1. The van der Waals surface area contributed by atoms with Crippen LogP contribution in [0, 0.1) is 0 Å². The van der Waals surface area contributed by atoms with Crippen molar-refractivity contribution in [2.45, 2.75) is 6.10 Å². The van der Waals surface area contributed by atoms with E-state index in [-0.39, 0.29) is 18.4 Å². The molecule has 0 spiro atoms. The molecule has 3 heterocycles. The molecule has 166 valence electrons. The van der Waals surface area contributed by atoms with Crippen LogP contribution < -0.4 is 19.1 Å². The summed E-state index contributed by atoms with van der Waals surface area (Å²) in [6, 6.07) is 12.8. The van der Waals surface area contributed by atoms with E-state index in [1.807, 2.05) is 36.4 Å². The molecule has 1 unspecified atom stereocenters. The Hall–Kier alpha value is -3.52. The van der Waals surface area contributed by atoms with Gasteiger partial charge < -0.3 is 28.7 Å². The first-order valence-electron chi connectivity index (χ1n) is 10.7. The molecule has 5 rings (SSSR count). The standard InChI is InChI=1S/C24H24N2O6/c27-23(8-6-17-5-7-20-21(15-17)31-14-13-30-20)26-16-22(24(28)25-9-11-29-12-10-25)32-19-4-2-1-3-18(19)26/h1-8,15,22H,9-14,16H2/b8-6+. The zero-order valence-electron chi connectivity index (χ0n) is 17.6. The van der Waals surface area contributed by atoms with Crippen LogP contribution >= 0.6 is 0 Å². The van der Waals surface area contributed by atoms with Crippen molar-refractivity contribution in [1.29, 1.82) is 0 Å². The van der Waals surface area contributed by atoms with Gasteiger partial charge in [-0.2, -0.15) is 0 Å². The first-order valence-corrected chi connectivity index (χ1v) is 10.7. The van der Waals surface area contributed by atoms with Crippen molar-refractivity contribution >= 4 is 23.6 Å². The summed E-state index contributed by atoms with van der Waals surface area (Å²) >= 11 is 0. The molecule has 2 amide bonds. The summed E-state index contributed by atoms with van der Waals surface area (Å²) in [7, 11) is 0. The molecule has 8 nitrogen and oxygen atoms in total. The van der Waals surface area contributed by atoms with Crippen LogP contribution in [0.1, 0.15) is 5.56 Å². The van der Waals surface area contributed by atoms with Crippen LogP contribution in [0.25, 0.3) is 6.08 Å². The first kappa shape index (κ1) is 20.4. The van der Waals surface area contributed by atoms with Crippen LogP contribution in [0.4, 0.5) is 5.69 Å². The van der Waals surface area contributed by atoms with Crippen molar-refractivity contribution in [3.05, 3.63) is 54.1 Å². The summed E-state index contributed by atoms with van der Waals surface area (Å²) in [6.45, 7) is 3.25. The molecule has 32 heavy (non-hydrogen) atoms. The third-order valence-electron chi connectivity index (χ3n) is 5.62. The summed E-state index contributed by atoms with van der Waals surface area (Å²) in [5.74, 6) is 1.53.